The van der Waals surface area contributed by atoms with Gasteiger partial charge in [0.25, 0.3) is 0 Å². The van der Waals surface area contributed by atoms with Crippen LogP contribution >= 0.6 is 0 Å². The van der Waals surface area contributed by atoms with Crippen molar-refractivity contribution in [1.82, 2.24) is 9.38 Å². The summed E-state index contributed by atoms with van der Waals surface area (Å²) in [5, 5.41) is 9.80. The summed E-state index contributed by atoms with van der Waals surface area (Å²) in [5.41, 5.74) is 4.58. The molecule has 0 saturated heterocycles. The number of pyridine rings is 1. The minimum Gasteiger partial charge on any atom is -0.504 e. The molecule has 0 atom stereocenters. The Morgan fingerprint density at radius 1 is 1.07 bits per heavy atom. The number of hydrogen-bond donors (Lipinski definition) is 1. The van der Waals surface area contributed by atoms with Gasteiger partial charge in [-0.05, 0) is 48.0 Å². The molecule has 4 rings (SSSR count). The van der Waals surface area contributed by atoms with Gasteiger partial charge < -0.3 is 14.7 Å². The molecule has 29 heavy (non-hydrogen) atoms. The molecule has 4 aromatic rings. The molecule has 2 aromatic heterocycles. The van der Waals surface area contributed by atoms with Gasteiger partial charge >= 0.3 is 0 Å². The van der Waals surface area contributed by atoms with Gasteiger partial charge in [-0.3, -0.25) is 4.40 Å². The van der Waals surface area contributed by atoms with E-state index in [9.17, 15) is 5.11 Å². The van der Waals surface area contributed by atoms with Crippen molar-refractivity contribution in [2.24, 2.45) is 4.99 Å². The lowest BCUT2D eigenvalue weighted by Gasteiger charge is -2.12. The number of aromatic hydroxyl groups is 1. The Morgan fingerprint density at radius 2 is 1.86 bits per heavy atom. The van der Waals surface area contributed by atoms with E-state index in [4.69, 9.17) is 14.7 Å². The summed E-state index contributed by atoms with van der Waals surface area (Å²) in [7, 11) is 5.55. The summed E-state index contributed by atoms with van der Waals surface area (Å²) in [6, 6.07) is 19.2. The number of aliphatic imine (C=N–C) groups is 1. The first-order valence-corrected chi connectivity index (χ1v) is 9.23. The predicted octanol–water partition coefficient (Wildman–Crippen LogP) is 4.53. The van der Waals surface area contributed by atoms with Crippen LogP contribution in [0.25, 0.3) is 16.9 Å². The number of phenols is 1. The second-order valence-corrected chi connectivity index (χ2v) is 6.84. The van der Waals surface area contributed by atoms with E-state index in [2.05, 4.69) is 29.2 Å². The average Bonchev–Trinajstić information content (AvgIpc) is 3.12. The summed E-state index contributed by atoms with van der Waals surface area (Å²) in [6.07, 6.45) is 3.69. The maximum Gasteiger partial charge on any atom is 0.165 e. The van der Waals surface area contributed by atoms with Crippen molar-refractivity contribution in [2.75, 3.05) is 26.1 Å². The van der Waals surface area contributed by atoms with E-state index >= 15 is 0 Å². The van der Waals surface area contributed by atoms with E-state index in [1.807, 2.05) is 42.9 Å². The Morgan fingerprint density at radius 3 is 2.59 bits per heavy atom. The fourth-order valence-electron chi connectivity index (χ4n) is 3.13. The van der Waals surface area contributed by atoms with Gasteiger partial charge in [0.2, 0.25) is 0 Å². The molecule has 0 aliphatic carbocycles. The molecule has 0 spiro atoms. The van der Waals surface area contributed by atoms with Crippen LogP contribution in [0.4, 0.5) is 11.5 Å². The van der Waals surface area contributed by atoms with Gasteiger partial charge in [0, 0.05) is 37.8 Å². The van der Waals surface area contributed by atoms with Gasteiger partial charge in [-0.2, -0.15) is 0 Å². The molecule has 146 valence electrons. The third kappa shape index (κ3) is 3.65. The molecule has 0 amide bonds. The minimum atomic E-state index is 0.0983. The maximum atomic E-state index is 9.80. The SMILES string of the molecule is COc1cc(/C=N/c2c(-c3ccc(N(C)C)cc3)nc3ccccn23)ccc1O. The number of ether oxygens (including phenoxy) is 1. The first-order chi connectivity index (χ1) is 14.1. The first kappa shape index (κ1) is 18.6. The van der Waals surface area contributed by atoms with Gasteiger partial charge in [-0.25, -0.2) is 9.98 Å². The number of methoxy groups -OCH3 is 1. The smallest absolute Gasteiger partial charge is 0.165 e. The number of rotatable bonds is 5. The number of aromatic nitrogens is 2. The average molecular weight is 386 g/mol. The van der Waals surface area contributed by atoms with Gasteiger partial charge in [0.15, 0.2) is 17.3 Å². The Bertz CT molecular complexity index is 1180. The molecule has 6 heteroatoms. The molecule has 6 nitrogen and oxygen atoms in total. The molecule has 0 aliphatic heterocycles. The molecule has 0 saturated carbocycles. The molecule has 0 bridgehead atoms. The Hall–Kier alpha value is -3.80. The monoisotopic (exact) mass is 386 g/mol. The zero-order chi connectivity index (χ0) is 20.4. The normalized spacial score (nSPS) is 11.3. The first-order valence-electron chi connectivity index (χ1n) is 9.23. The van der Waals surface area contributed by atoms with Gasteiger partial charge in [-0.1, -0.05) is 18.2 Å². The van der Waals surface area contributed by atoms with E-state index in [0.717, 1.165) is 34.0 Å². The van der Waals surface area contributed by atoms with E-state index in [-0.39, 0.29) is 5.75 Å². The highest BCUT2D eigenvalue weighted by Crippen LogP contribution is 2.32. The lowest BCUT2D eigenvalue weighted by atomic mass is 10.1. The van der Waals surface area contributed by atoms with Gasteiger partial charge in [0.05, 0.1) is 7.11 Å². The van der Waals surface area contributed by atoms with E-state index in [1.165, 1.54) is 7.11 Å². The van der Waals surface area contributed by atoms with Crippen LogP contribution in [0.3, 0.4) is 0 Å². The van der Waals surface area contributed by atoms with Crippen LogP contribution in [-0.4, -0.2) is 41.9 Å². The number of fused-ring (bicyclic) bond motifs is 1. The standard InChI is InChI=1S/C23H22N4O2/c1-26(2)18-10-8-17(9-11-18)22-23(27-13-5-4-6-21(27)25-22)24-15-16-7-12-19(28)20(14-16)29-3/h4-15,28H,1-3H3/b24-15+. The van der Waals surface area contributed by atoms with Gasteiger partial charge in [-0.15, -0.1) is 0 Å². The number of imidazole rings is 1. The third-order valence-corrected chi connectivity index (χ3v) is 4.70. The molecule has 2 aromatic carbocycles. The molecular formula is C23H22N4O2. The van der Waals surface area contributed by atoms with Crippen molar-refractivity contribution in [1.29, 1.82) is 0 Å². The van der Waals surface area contributed by atoms with E-state index < -0.39 is 0 Å². The van der Waals surface area contributed by atoms with Crippen molar-refractivity contribution < 1.29 is 9.84 Å². The molecule has 0 aliphatic rings. The number of hydrogen-bond acceptors (Lipinski definition) is 5. The summed E-state index contributed by atoms with van der Waals surface area (Å²) in [6.45, 7) is 0. The fraction of sp³-hybridized carbons (Fsp3) is 0.130. The lowest BCUT2D eigenvalue weighted by molar-refractivity contribution is 0.373. The van der Waals surface area contributed by atoms with E-state index in [0.29, 0.717) is 5.75 Å². The molecule has 0 unspecified atom stereocenters. The lowest BCUT2D eigenvalue weighted by Crippen LogP contribution is -2.07. The molecule has 2 heterocycles. The Labute approximate surface area is 169 Å². The highest BCUT2D eigenvalue weighted by Gasteiger charge is 2.13. The topological polar surface area (TPSA) is 62.4 Å². The third-order valence-electron chi connectivity index (χ3n) is 4.70. The van der Waals surface area contributed by atoms with Crippen molar-refractivity contribution in [3.05, 3.63) is 72.4 Å². The van der Waals surface area contributed by atoms with Crippen molar-refractivity contribution >= 4 is 23.4 Å². The second-order valence-electron chi connectivity index (χ2n) is 6.84. The zero-order valence-corrected chi connectivity index (χ0v) is 16.6. The van der Waals surface area contributed by atoms with Crippen LogP contribution in [-0.2, 0) is 0 Å². The number of anilines is 1. The van der Waals surface area contributed by atoms with Crippen LogP contribution in [0.15, 0.2) is 71.9 Å². The fourth-order valence-corrected chi connectivity index (χ4v) is 3.13. The van der Waals surface area contributed by atoms with E-state index in [1.54, 1.807) is 24.4 Å². The number of nitrogens with zero attached hydrogens (tertiary/aromatic N) is 4. The highest BCUT2D eigenvalue weighted by atomic mass is 16.5. The van der Waals surface area contributed by atoms with Crippen LogP contribution in [0.2, 0.25) is 0 Å². The van der Waals surface area contributed by atoms with Crippen molar-refractivity contribution in [3.63, 3.8) is 0 Å². The largest absolute Gasteiger partial charge is 0.504 e. The number of benzene rings is 2. The Kier molecular flexibility index (Phi) is 4.91. The van der Waals surface area contributed by atoms with Crippen LogP contribution in [0, 0.1) is 0 Å². The second kappa shape index (κ2) is 7.67. The summed E-state index contributed by atoms with van der Waals surface area (Å²) >= 11 is 0. The van der Waals surface area contributed by atoms with Crippen LogP contribution in [0.5, 0.6) is 11.5 Å². The van der Waals surface area contributed by atoms with Crippen molar-refractivity contribution in [3.8, 4) is 22.8 Å². The quantitative estimate of drug-likeness (QED) is 0.512. The van der Waals surface area contributed by atoms with Gasteiger partial charge in [0.1, 0.15) is 11.3 Å². The van der Waals surface area contributed by atoms with Crippen LogP contribution in [0.1, 0.15) is 5.56 Å². The van der Waals surface area contributed by atoms with Crippen molar-refractivity contribution in [2.45, 2.75) is 0 Å². The molecule has 1 N–H and O–H groups in total. The highest BCUT2D eigenvalue weighted by molar-refractivity contribution is 5.86. The number of phenolic OH excluding ortho intramolecular Hbond substituents is 1. The minimum absolute atomic E-state index is 0.0983. The maximum absolute atomic E-state index is 9.80. The summed E-state index contributed by atoms with van der Waals surface area (Å²) < 4.78 is 7.14. The summed E-state index contributed by atoms with van der Waals surface area (Å²) in [5.74, 6) is 1.25. The van der Waals surface area contributed by atoms with Crippen LogP contribution < -0.4 is 9.64 Å². The zero-order valence-electron chi connectivity index (χ0n) is 16.6. The summed E-state index contributed by atoms with van der Waals surface area (Å²) in [4.78, 5) is 11.6. The molecule has 0 fully saturated rings. The molecular weight excluding hydrogens is 364 g/mol. The Balaban J connectivity index is 1.80. The predicted molar refractivity (Wildman–Crippen MR) is 117 cm³/mol. The molecule has 0 radical (unpaired) electrons.